The number of aromatic amines is 1. The third-order valence-corrected chi connectivity index (χ3v) is 8.94. The monoisotopic (exact) mass is 575 g/mol. The third-order valence-electron chi connectivity index (χ3n) is 8.94. The van der Waals surface area contributed by atoms with E-state index < -0.39 is 0 Å². The van der Waals surface area contributed by atoms with Gasteiger partial charge in [0.05, 0.1) is 12.6 Å². The maximum atomic E-state index is 13.7. The van der Waals surface area contributed by atoms with Crippen molar-refractivity contribution >= 4 is 11.6 Å². The van der Waals surface area contributed by atoms with Gasteiger partial charge in [0, 0.05) is 66.3 Å². The Morgan fingerprint density at radius 3 is 2.38 bits per heavy atom. The Morgan fingerprint density at radius 2 is 1.79 bits per heavy atom. The predicted molar refractivity (Wildman–Crippen MR) is 170 cm³/mol. The molecule has 0 bridgehead atoms. The highest BCUT2D eigenvalue weighted by Gasteiger charge is 2.28. The van der Waals surface area contributed by atoms with Gasteiger partial charge < -0.3 is 25.2 Å². The van der Waals surface area contributed by atoms with E-state index in [2.05, 4.69) is 77.8 Å². The fourth-order valence-electron chi connectivity index (χ4n) is 6.45. The van der Waals surface area contributed by atoms with Crippen LogP contribution >= 0.6 is 0 Å². The quantitative estimate of drug-likeness (QED) is 0.395. The number of anilines is 1. The molecule has 1 aliphatic heterocycles. The molecule has 0 atom stereocenters. The molecule has 2 heterocycles. The summed E-state index contributed by atoms with van der Waals surface area (Å²) in [5, 5.41) is 12.7. The number of carbonyl (C=O) groups excluding carboxylic acids is 1. The number of aliphatic hydroxyl groups excluding tert-OH is 1. The minimum atomic E-state index is -0.259. The van der Waals surface area contributed by atoms with E-state index in [1.54, 1.807) is 0 Å². The molecule has 228 valence electrons. The van der Waals surface area contributed by atoms with Gasteiger partial charge in [-0.15, -0.1) is 0 Å². The lowest BCUT2D eigenvalue weighted by Gasteiger charge is -2.40. The molecule has 1 aromatic heterocycles. The van der Waals surface area contributed by atoms with Crippen molar-refractivity contribution in [2.75, 3.05) is 45.2 Å². The van der Waals surface area contributed by atoms with Crippen molar-refractivity contribution in [1.29, 1.82) is 0 Å². The van der Waals surface area contributed by atoms with Gasteiger partial charge >= 0.3 is 0 Å². The van der Waals surface area contributed by atoms with Crippen LogP contribution in [-0.4, -0.2) is 84.3 Å². The number of hydrogen-bond donors (Lipinski definition) is 3. The van der Waals surface area contributed by atoms with Gasteiger partial charge in [-0.1, -0.05) is 25.7 Å². The van der Waals surface area contributed by atoms with Gasteiger partial charge in [0.1, 0.15) is 0 Å². The number of aromatic nitrogens is 1. The van der Waals surface area contributed by atoms with Gasteiger partial charge in [-0.3, -0.25) is 14.5 Å². The van der Waals surface area contributed by atoms with Crippen molar-refractivity contribution in [3.05, 3.63) is 62.1 Å². The zero-order chi connectivity index (χ0) is 30.6. The van der Waals surface area contributed by atoms with Crippen molar-refractivity contribution in [2.24, 2.45) is 0 Å². The Labute approximate surface area is 251 Å². The van der Waals surface area contributed by atoms with E-state index in [1.165, 1.54) is 0 Å². The van der Waals surface area contributed by atoms with E-state index in [4.69, 9.17) is 0 Å². The first-order chi connectivity index (χ1) is 20.0. The van der Waals surface area contributed by atoms with Crippen LogP contribution in [0.15, 0.2) is 23.0 Å². The van der Waals surface area contributed by atoms with Crippen LogP contribution in [-0.2, 0) is 6.54 Å². The number of carbonyl (C=O) groups is 1. The number of pyridine rings is 1. The number of nitrogens with one attached hydrogen (secondary N) is 2. The SMILES string of the molecule is CCN(c1cc(C#CCN2CC(O)C2)cc(C(=O)NCc2c(C(C)C)cc(C)[nH]c2=O)c1C)[C@H]1CC[C@H](N(C)C)CC1. The Bertz CT molecular complexity index is 1370. The van der Waals surface area contributed by atoms with Gasteiger partial charge in [-0.05, 0) is 95.8 Å². The van der Waals surface area contributed by atoms with E-state index in [0.29, 0.717) is 42.8 Å². The Morgan fingerprint density at radius 1 is 1.12 bits per heavy atom. The standard InChI is InChI=1S/C34H49N5O3/c1-8-39(27-13-11-26(12-14-27)37(6)7)32-18-25(10-9-15-38-20-28(40)21-38)17-30(24(32)5)33(41)35-19-31-29(22(2)3)16-23(4)36-34(31)42/h16-18,22,26-28,40H,8,11-15,19-21H2,1-7H3,(H,35,41)(H,36,42)/t26-,27-. The number of nitrogens with zero attached hydrogens (tertiary/aromatic N) is 3. The summed E-state index contributed by atoms with van der Waals surface area (Å²) in [6.45, 7) is 13.1. The zero-order valence-electron chi connectivity index (χ0n) is 26.5. The summed E-state index contributed by atoms with van der Waals surface area (Å²) >= 11 is 0. The van der Waals surface area contributed by atoms with E-state index in [1.807, 2.05) is 26.0 Å². The van der Waals surface area contributed by atoms with Crippen molar-refractivity contribution in [1.82, 2.24) is 20.1 Å². The number of H-pyrrole nitrogens is 1. The average molecular weight is 576 g/mol. The summed E-state index contributed by atoms with van der Waals surface area (Å²) in [7, 11) is 4.32. The number of rotatable bonds is 9. The molecule has 8 heteroatoms. The summed E-state index contributed by atoms with van der Waals surface area (Å²) in [5.74, 6) is 6.50. The van der Waals surface area contributed by atoms with E-state index in [0.717, 1.165) is 60.3 Å². The second-order valence-electron chi connectivity index (χ2n) is 12.6. The minimum absolute atomic E-state index is 0.155. The molecule has 42 heavy (non-hydrogen) atoms. The van der Waals surface area contributed by atoms with E-state index in [-0.39, 0.29) is 30.0 Å². The molecule has 1 aliphatic carbocycles. The number of benzene rings is 1. The average Bonchev–Trinajstić information content (AvgIpc) is 2.93. The number of β-amino-alcohol motifs (C(OH)–C–C–N with tert-alkyl or cyclic N) is 1. The van der Waals surface area contributed by atoms with Gasteiger partial charge in [0.2, 0.25) is 0 Å². The fourth-order valence-corrected chi connectivity index (χ4v) is 6.45. The number of amides is 1. The number of hydrogen-bond acceptors (Lipinski definition) is 6. The number of aryl methyl sites for hydroxylation is 1. The van der Waals surface area contributed by atoms with E-state index in [9.17, 15) is 14.7 Å². The largest absolute Gasteiger partial charge is 0.390 e. The molecular formula is C34H49N5O3. The summed E-state index contributed by atoms with van der Waals surface area (Å²) < 4.78 is 0. The van der Waals surface area contributed by atoms with Crippen molar-refractivity contribution < 1.29 is 9.90 Å². The van der Waals surface area contributed by atoms with Gasteiger partial charge in [0.25, 0.3) is 11.5 Å². The smallest absolute Gasteiger partial charge is 0.253 e. The highest BCUT2D eigenvalue weighted by molar-refractivity contribution is 5.97. The lowest BCUT2D eigenvalue weighted by Crippen LogP contribution is -2.50. The molecule has 0 spiro atoms. The van der Waals surface area contributed by atoms with Crippen LogP contribution in [0.25, 0.3) is 0 Å². The Kier molecular flexibility index (Phi) is 10.5. The lowest BCUT2D eigenvalue weighted by atomic mass is 9.88. The normalized spacial score (nSPS) is 19.4. The summed E-state index contributed by atoms with van der Waals surface area (Å²) in [5.41, 5.74) is 5.60. The molecule has 1 saturated carbocycles. The first kappa shape index (κ1) is 31.8. The highest BCUT2D eigenvalue weighted by Crippen LogP contribution is 2.33. The first-order valence-electron chi connectivity index (χ1n) is 15.5. The molecule has 2 fully saturated rings. The zero-order valence-corrected chi connectivity index (χ0v) is 26.5. The van der Waals surface area contributed by atoms with Gasteiger partial charge in [-0.25, -0.2) is 0 Å². The Hall–Kier alpha value is -3.12. The minimum Gasteiger partial charge on any atom is -0.390 e. The second-order valence-corrected chi connectivity index (χ2v) is 12.6. The maximum Gasteiger partial charge on any atom is 0.253 e. The van der Waals surface area contributed by atoms with Gasteiger partial charge in [0.15, 0.2) is 0 Å². The van der Waals surface area contributed by atoms with Crippen LogP contribution in [0, 0.1) is 25.7 Å². The number of aliphatic hydroxyl groups is 1. The lowest BCUT2D eigenvalue weighted by molar-refractivity contribution is 0.0111. The summed E-state index contributed by atoms with van der Waals surface area (Å²) in [6.07, 6.45) is 4.28. The van der Waals surface area contributed by atoms with Gasteiger partial charge in [-0.2, -0.15) is 0 Å². The molecule has 0 radical (unpaired) electrons. The highest BCUT2D eigenvalue weighted by atomic mass is 16.3. The third kappa shape index (κ3) is 7.44. The summed E-state index contributed by atoms with van der Waals surface area (Å²) in [4.78, 5) is 36.4. The molecule has 8 nitrogen and oxygen atoms in total. The topological polar surface area (TPSA) is 91.9 Å². The van der Waals surface area contributed by atoms with Crippen molar-refractivity contribution in [2.45, 2.75) is 91.0 Å². The molecule has 4 rings (SSSR count). The van der Waals surface area contributed by atoms with Crippen molar-refractivity contribution in [3.8, 4) is 11.8 Å². The second kappa shape index (κ2) is 13.9. The molecule has 1 amide bonds. The predicted octanol–water partition coefficient (Wildman–Crippen LogP) is 3.77. The molecular weight excluding hydrogens is 526 g/mol. The van der Waals surface area contributed by atoms with Crippen molar-refractivity contribution in [3.63, 3.8) is 0 Å². The molecule has 2 aromatic rings. The summed E-state index contributed by atoms with van der Waals surface area (Å²) in [6, 6.07) is 7.03. The molecule has 3 N–H and O–H groups in total. The maximum absolute atomic E-state index is 13.7. The van der Waals surface area contributed by atoms with Crippen LogP contribution in [0.2, 0.25) is 0 Å². The number of likely N-dealkylation sites (tertiary alicyclic amines) is 1. The van der Waals surface area contributed by atoms with Crippen LogP contribution in [0.3, 0.4) is 0 Å². The van der Waals surface area contributed by atoms with Crippen LogP contribution in [0.5, 0.6) is 0 Å². The molecule has 1 saturated heterocycles. The molecule has 1 aromatic carbocycles. The first-order valence-corrected chi connectivity index (χ1v) is 15.5. The van der Waals surface area contributed by atoms with Crippen LogP contribution in [0.1, 0.15) is 90.7 Å². The molecule has 0 unspecified atom stereocenters. The van der Waals surface area contributed by atoms with Crippen LogP contribution < -0.4 is 15.8 Å². The Balaban J connectivity index is 1.63. The molecule has 2 aliphatic rings. The fraction of sp³-hybridized carbons (Fsp3) is 0.588. The van der Waals surface area contributed by atoms with E-state index >= 15 is 0 Å². The van der Waals surface area contributed by atoms with Crippen LogP contribution in [0.4, 0.5) is 5.69 Å².